The molecule has 0 spiro atoms. The third-order valence-electron chi connectivity index (χ3n) is 3.43. The Morgan fingerprint density at radius 2 is 2.17 bits per heavy atom. The zero-order chi connectivity index (χ0) is 13.0. The van der Waals surface area contributed by atoms with Crippen molar-refractivity contribution in [2.45, 2.75) is 19.8 Å². The van der Waals surface area contributed by atoms with Crippen LogP contribution in [0, 0.1) is 23.2 Å². The molecule has 2 nitrogen and oxygen atoms in total. The van der Waals surface area contributed by atoms with E-state index in [-0.39, 0.29) is 0 Å². The van der Waals surface area contributed by atoms with E-state index in [1.54, 1.807) is 18.2 Å². The van der Waals surface area contributed by atoms with Crippen LogP contribution in [0.25, 0.3) is 0 Å². The molecule has 1 aromatic carbocycles. The molecular formula is C15H16ClNO. The van der Waals surface area contributed by atoms with Crippen LogP contribution in [0.5, 0.6) is 5.75 Å². The fraction of sp³-hybridized carbons (Fsp3) is 0.400. The van der Waals surface area contributed by atoms with Gasteiger partial charge in [0.1, 0.15) is 5.75 Å². The van der Waals surface area contributed by atoms with Crippen LogP contribution in [0.15, 0.2) is 30.4 Å². The molecule has 0 N–H and O–H groups in total. The topological polar surface area (TPSA) is 33.0 Å². The van der Waals surface area contributed by atoms with Crippen LogP contribution in [-0.2, 0) is 0 Å². The zero-order valence-electron chi connectivity index (χ0n) is 10.4. The Hall–Kier alpha value is -1.46. The van der Waals surface area contributed by atoms with Crippen molar-refractivity contribution >= 4 is 11.6 Å². The lowest BCUT2D eigenvalue weighted by molar-refractivity contribution is 0.198. The van der Waals surface area contributed by atoms with Crippen LogP contribution in [0.2, 0.25) is 5.02 Å². The zero-order valence-corrected chi connectivity index (χ0v) is 11.2. The largest absolute Gasteiger partial charge is 0.492 e. The normalized spacial score (nSPS) is 22.5. The minimum absolute atomic E-state index is 0.507. The van der Waals surface area contributed by atoms with E-state index in [1.165, 1.54) is 0 Å². The van der Waals surface area contributed by atoms with Gasteiger partial charge in [0.25, 0.3) is 0 Å². The Kier molecular flexibility index (Phi) is 4.28. The molecule has 0 saturated heterocycles. The van der Waals surface area contributed by atoms with Crippen molar-refractivity contribution in [3.05, 3.63) is 40.9 Å². The summed E-state index contributed by atoms with van der Waals surface area (Å²) in [5, 5.41) is 9.27. The summed E-state index contributed by atoms with van der Waals surface area (Å²) >= 11 is 6.07. The predicted octanol–water partition coefficient (Wildman–Crippen LogP) is 4.19. The molecule has 1 aromatic rings. The van der Waals surface area contributed by atoms with Crippen LogP contribution in [0.4, 0.5) is 0 Å². The highest BCUT2D eigenvalue weighted by Gasteiger charge is 2.19. The number of hydrogen-bond donors (Lipinski definition) is 0. The second kappa shape index (κ2) is 5.93. The van der Waals surface area contributed by atoms with E-state index >= 15 is 0 Å². The van der Waals surface area contributed by atoms with Gasteiger partial charge in [0.05, 0.1) is 23.3 Å². The number of nitrogens with zero attached hydrogens (tertiary/aromatic N) is 1. The Morgan fingerprint density at radius 1 is 1.39 bits per heavy atom. The molecule has 3 heteroatoms. The second-order valence-electron chi connectivity index (χ2n) is 4.75. The van der Waals surface area contributed by atoms with Gasteiger partial charge in [-0.3, -0.25) is 0 Å². The maximum Gasteiger partial charge on any atom is 0.137 e. The minimum atomic E-state index is 0.507. The van der Waals surface area contributed by atoms with Crippen molar-refractivity contribution in [3.8, 4) is 11.8 Å². The average Bonchev–Trinajstić information content (AvgIpc) is 2.39. The molecule has 0 amide bonds. The van der Waals surface area contributed by atoms with Gasteiger partial charge in [0.15, 0.2) is 0 Å². The van der Waals surface area contributed by atoms with Crippen LogP contribution in [0.1, 0.15) is 25.3 Å². The monoisotopic (exact) mass is 261 g/mol. The Bertz CT molecular complexity index is 490. The van der Waals surface area contributed by atoms with Crippen molar-refractivity contribution in [1.82, 2.24) is 0 Å². The van der Waals surface area contributed by atoms with E-state index in [1.807, 2.05) is 0 Å². The van der Waals surface area contributed by atoms with Gasteiger partial charge in [-0.25, -0.2) is 0 Å². The number of benzene rings is 1. The summed E-state index contributed by atoms with van der Waals surface area (Å²) in [6.07, 6.45) is 6.63. The second-order valence-corrected chi connectivity index (χ2v) is 5.16. The van der Waals surface area contributed by atoms with Gasteiger partial charge in [-0.15, -0.1) is 0 Å². The SMILES string of the molecule is CC1CC=CCC1COc1ccc(C#N)cc1Cl. The van der Waals surface area contributed by atoms with Gasteiger partial charge in [-0.1, -0.05) is 30.7 Å². The fourth-order valence-electron chi connectivity index (χ4n) is 2.12. The molecular weight excluding hydrogens is 246 g/mol. The van der Waals surface area contributed by atoms with E-state index < -0.39 is 0 Å². The third kappa shape index (κ3) is 3.05. The first kappa shape index (κ1) is 13.0. The van der Waals surface area contributed by atoms with E-state index in [9.17, 15) is 0 Å². The van der Waals surface area contributed by atoms with Crippen LogP contribution < -0.4 is 4.74 Å². The van der Waals surface area contributed by atoms with E-state index in [2.05, 4.69) is 25.1 Å². The van der Waals surface area contributed by atoms with Crippen molar-refractivity contribution in [1.29, 1.82) is 5.26 Å². The predicted molar refractivity (Wildman–Crippen MR) is 72.7 cm³/mol. The first-order chi connectivity index (χ1) is 8.70. The molecule has 2 rings (SSSR count). The molecule has 18 heavy (non-hydrogen) atoms. The number of ether oxygens (including phenoxy) is 1. The van der Waals surface area contributed by atoms with Crippen molar-refractivity contribution in [2.24, 2.45) is 11.8 Å². The standard InChI is InChI=1S/C15H16ClNO/c1-11-4-2-3-5-13(11)10-18-15-7-6-12(9-17)8-14(15)16/h2-3,6-8,11,13H,4-5,10H2,1H3. The van der Waals surface area contributed by atoms with E-state index in [0.29, 0.717) is 34.8 Å². The molecule has 0 aromatic heterocycles. The number of halogens is 1. The lowest BCUT2D eigenvalue weighted by atomic mass is 9.85. The number of rotatable bonds is 3. The maximum atomic E-state index is 8.76. The summed E-state index contributed by atoms with van der Waals surface area (Å²) < 4.78 is 5.77. The fourth-order valence-corrected chi connectivity index (χ4v) is 2.36. The average molecular weight is 262 g/mol. The molecule has 0 bridgehead atoms. The number of hydrogen-bond acceptors (Lipinski definition) is 2. The summed E-state index contributed by atoms with van der Waals surface area (Å²) in [6, 6.07) is 7.19. The van der Waals surface area contributed by atoms with Crippen molar-refractivity contribution in [3.63, 3.8) is 0 Å². The smallest absolute Gasteiger partial charge is 0.137 e. The minimum Gasteiger partial charge on any atom is -0.492 e. The summed E-state index contributed by atoms with van der Waals surface area (Å²) in [5.74, 6) is 1.85. The van der Waals surface area contributed by atoms with Crippen molar-refractivity contribution in [2.75, 3.05) is 6.61 Å². The van der Waals surface area contributed by atoms with Gasteiger partial charge in [-0.05, 0) is 42.9 Å². The molecule has 0 saturated carbocycles. The Morgan fingerprint density at radius 3 is 2.83 bits per heavy atom. The molecule has 2 atom stereocenters. The Balaban J connectivity index is 1.98. The van der Waals surface area contributed by atoms with Gasteiger partial charge in [0.2, 0.25) is 0 Å². The number of nitriles is 1. The molecule has 1 aliphatic carbocycles. The first-order valence-electron chi connectivity index (χ1n) is 6.18. The van der Waals surface area contributed by atoms with Gasteiger partial charge < -0.3 is 4.74 Å². The molecule has 94 valence electrons. The highest BCUT2D eigenvalue weighted by Crippen LogP contribution is 2.29. The van der Waals surface area contributed by atoms with Gasteiger partial charge in [0, 0.05) is 0 Å². The summed E-state index contributed by atoms with van der Waals surface area (Å²) in [6.45, 7) is 2.93. The third-order valence-corrected chi connectivity index (χ3v) is 3.73. The summed E-state index contributed by atoms with van der Waals surface area (Å²) in [4.78, 5) is 0. The summed E-state index contributed by atoms with van der Waals surface area (Å²) in [7, 11) is 0. The summed E-state index contributed by atoms with van der Waals surface area (Å²) in [5.41, 5.74) is 0.557. The van der Waals surface area contributed by atoms with Crippen molar-refractivity contribution < 1.29 is 4.74 Å². The Labute approximate surface area is 113 Å². The maximum absolute atomic E-state index is 8.76. The number of allylic oxidation sites excluding steroid dienone is 2. The lowest BCUT2D eigenvalue weighted by Crippen LogP contribution is -2.21. The molecule has 1 aliphatic rings. The van der Waals surface area contributed by atoms with Crippen LogP contribution >= 0.6 is 11.6 Å². The molecule has 0 aliphatic heterocycles. The van der Waals surface area contributed by atoms with Gasteiger partial charge in [-0.2, -0.15) is 5.26 Å². The quantitative estimate of drug-likeness (QED) is 0.764. The van der Waals surface area contributed by atoms with E-state index in [0.717, 1.165) is 12.8 Å². The van der Waals surface area contributed by atoms with Gasteiger partial charge >= 0.3 is 0 Å². The molecule has 2 unspecified atom stereocenters. The molecule has 0 fully saturated rings. The van der Waals surface area contributed by atoms with Crippen LogP contribution in [0.3, 0.4) is 0 Å². The highest BCUT2D eigenvalue weighted by molar-refractivity contribution is 6.32. The molecule has 0 radical (unpaired) electrons. The van der Waals surface area contributed by atoms with E-state index in [4.69, 9.17) is 21.6 Å². The van der Waals surface area contributed by atoms with Crippen LogP contribution in [-0.4, -0.2) is 6.61 Å². The first-order valence-corrected chi connectivity index (χ1v) is 6.56. The highest BCUT2D eigenvalue weighted by atomic mass is 35.5. The lowest BCUT2D eigenvalue weighted by Gasteiger charge is -2.25. The molecule has 0 heterocycles.